The lowest BCUT2D eigenvalue weighted by molar-refractivity contribution is 0.139. The molecule has 0 saturated carbocycles. The summed E-state index contributed by atoms with van der Waals surface area (Å²) in [6.45, 7) is 9.74. The van der Waals surface area contributed by atoms with Crippen LogP contribution in [0.5, 0.6) is 0 Å². The highest BCUT2D eigenvalue weighted by molar-refractivity contribution is 7.80. The van der Waals surface area contributed by atoms with E-state index in [9.17, 15) is 0 Å². The molecule has 2 rings (SSSR count). The molecule has 1 aromatic rings. The van der Waals surface area contributed by atoms with Crippen LogP contribution in [0.1, 0.15) is 25.0 Å². The molecule has 19 heavy (non-hydrogen) atoms. The lowest BCUT2D eigenvalue weighted by Crippen LogP contribution is -2.58. The van der Waals surface area contributed by atoms with E-state index in [4.69, 9.17) is 18.0 Å². The first-order chi connectivity index (χ1) is 8.83. The van der Waals surface area contributed by atoms with Crippen LogP contribution in [0.4, 0.5) is 5.69 Å². The number of likely N-dealkylation sites (N-methyl/N-ethyl adjacent to an activating group) is 1. The molecule has 1 fully saturated rings. The maximum absolute atomic E-state index is 5.88. The Morgan fingerprint density at radius 1 is 1.32 bits per heavy atom. The Hall–Kier alpha value is -1.13. The first kappa shape index (κ1) is 14.3. The fourth-order valence-electron chi connectivity index (χ4n) is 2.71. The van der Waals surface area contributed by atoms with Gasteiger partial charge in [0.25, 0.3) is 0 Å². The van der Waals surface area contributed by atoms with Crippen molar-refractivity contribution < 1.29 is 0 Å². The van der Waals surface area contributed by atoms with Gasteiger partial charge in [0.05, 0.1) is 0 Å². The predicted octanol–water partition coefficient (Wildman–Crippen LogP) is 2.16. The Labute approximate surface area is 121 Å². The van der Waals surface area contributed by atoms with Gasteiger partial charge in [-0.2, -0.15) is 0 Å². The highest BCUT2D eigenvalue weighted by Gasteiger charge is 2.32. The minimum atomic E-state index is 0.161. The van der Waals surface area contributed by atoms with E-state index in [-0.39, 0.29) is 5.54 Å². The number of hydrogen-bond donors (Lipinski definition) is 1. The summed E-state index contributed by atoms with van der Waals surface area (Å²) in [5.74, 6) is 0. The van der Waals surface area contributed by atoms with Gasteiger partial charge < -0.3 is 10.6 Å². The Kier molecular flexibility index (Phi) is 3.83. The van der Waals surface area contributed by atoms with Crippen LogP contribution < -0.4 is 10.6 Å². The van der Waals surface area contributed by atoms with Gasteiger partial charge in [-0.1, -0.05) is 24.4 Å². The summed E-state index contributed by atoms with van der Waals surface area (Å²) < 4.78 is 0. The first-order valence-electron chi connectivity index (χ1n) is 6.68. The first-order valence-corrected chi connectivity index (χ1v) is 7.09. The van der Waals surface area contributed by atoms with Crippen molar-refractivity contribution in [1.29, 1.82) is 0 Å². The quantitative estimate of drug-likeness (QED) is 0.840. The summed E-state index contributed by atoms with van der Waals surface area (Å²) in [5, 5.41) is 0. The van der Waals surface area contributed by atoms with E-state index >= 15 is 0 Å². The van der Waals surface area contributed by atoms with Crippen LogP contribution in [0.25, 0.3) is 0 Å². The molecule has 0 atom stereocenters. The van der Waals surface area contributed by atoms with Gasteiger partial charge in [-0.25, -0.2) is 0 Å². The van der Waals surface area contributed by atoms with Crippen molar-refractivity contribution >= 4 is 22.9 Å². The van der Waals surface area contributed by atoms with Crippen LogP contribution >= 0.6 is 12.2 Å². The number of nitrogens with zero attached hydrogens (tertiary/aromatic N) is 2. The average molecular weight is 277 g/mol. The number of hydrogen-bond acceptors (Lipinski definition) is 3. The van der Waals surface area contributed by atoms with Crippen molar-refractivity contribution in [3.63, 3.8) is 0 Å². The molecule has 0 unspecified atom stereocenters. The molecule has 0 aliphatic carbocycles. The lowest BCUT2D eigenvalue weighted by atomic mass is 9.97. The highest BCUT2D eigenvalue weighted by Crippen LogP contribution is 2.30. The number of nitrogens with two attached hydrogens (primary N) is 1. The van der Waals surface area contributed by atoms with E-state index in [2.05, 4.69) is 43.7 Å². The molecule has 104 valence electrons. The molecular formula is C15H23N3S. The van der Waals surface area contributed by atoms with E-state index in [0.29, 0.717) is 4.99 Å². The molecular weight excluding hydrogens is 254 g/mol. The Balaban J connectivity index is 2.40. The summed E-state index contributed by atoms with van der Waals surface area (Å²) in [4.78, 5) is 5.31. The molecule has 2 N–H and O–H groups in total. The fourth-order valence-corrected chi connectivity index (χ4v) is 2.87. The molecule has 1 aliphatic rings. The van der Waals surface area contributed by atoms with E-state index in [1.165, 1.54) is 11.3 Å². The van der Waals surface area contributed by atoms with E-state index < -0.39 is 0 Å². The van der Waals surface area contributed by atoms with Gasteiger partial charge >= 0.3 is 0 Å². The molecule has 4 heteroatoms. The summed E-state index contributed by atoms with van der Waals surface area (Å²) >= 11 is 5.20. The highest BCUT2D eigenvalue weighted by atomic mass is 32.1. The SMILES string of the molecule is Cc1cccc(C(N)=S)c1N1CCN(C)C(C)(C)C1. The molecule has 0 amide bonds. The van der Waals surface area contributed by atoms with Gasteiger partial charge in [0.1, 0.15) is 4.99 Å². The van der Waals surface area contributed by atoms with Crippen molar-refractivity contribution in [3.8, 4) is 0 Å². The Morgan fingerprint density at radius 2 is 2.00 bits per heavy atom. The van der Waals surface area contributed by atoms with E-state index in [0.717, 1.165) is 25.2 Å². The van der Waals surface area contributed by atoms with Crippen molar-refractivity contribution in [2.24, 2.45) is 5.73 Å². The predicted molar refractivity (Wildman–Crippen MR) is 86.0 cm³/mol. The second-order valence-electron chi connectivity index (χ2n) is 5.99. The number of rotatable bonds is 2. The van der Waals surface area contributed by atoms with E-state index in [1.807, 2.05) is 12.1 Å². The zero-order valence-electron chi connectivity index (χ0n) is 12.2. The van der Waals surface area contributed by atoms with Gasteiger partial charge in [0.15, 0.2) is 0 Å². The van der Waals surface area contributed by atoms with Crippen molar-refractivity contribution in [1.82, 2.24) is 4.90 Å². The monoisotopic (exact) mass is 277 g/mol. The van der Waals surface area contributed by atoms with Crippen LogP contribution in [-0.4, -0.2) is 42.1 Å². The second-order valence-corrected chi connectivity index (χ2v) is 6.43. The summed E-state index contributed by atoms with van der Waals surface area (Å²) in [6, 6.07) is 6.17. The third-order valence-corrected chi connectivity index (χ3v) is 4.36. The minimum absolute atomic E-state index is 0.161. The molecule has 3 nitrogen and oxygen atoms in total. The zero-order valence-corrected chi connectivity index (χ0v) is 13.0. The number of para-hydroxylation sites is 1. The third kappa shape index (κ3) is 2.74. The van der Waals surface area contributed by atoms with Gasteiger partial charge in [0, 0.05) is 36.4 Å². The molecule has 1 saturated heterocycles. The van der Waals surface area contributed by atoms with Crippen LogP contribution in [-0.2, 0) is 0 Å². The van der Waals surface area contributed by atoms with Gasteiger partial charge in [-0.3, -0.25) is 4.90 Å². The third-order valence-electron chi connectivity index (χ3n) is 4.14. The molecule has 1 heterocycles. The van der Waals surface area contributed by atoms with Gasteiger partial charge in [0.2, 0.25) is 0 Å². The Bertz CT molecular complexity index is 496. The van der Waals surface area contributed by atoms with Crippen LogP contribution in [0.2, 0.25) is 0 Å². The standard InChI is InChI=1S/C15H23N3S/c1-11-6-5-7-12(14(16)19)13(11)18-9-8-17(4)15(2,3)10-18/h5-7H,8-10H2,1-4H3,(H2,16,19). The van der Waals surface area contributed by atoms with Crippen molar-refractivity contribution in [2.75, 3.05) is 31.6 Å². The summed E-state index contributed by atoms with van der Waals surface area (Å²) in [6.07, 6.45) is 0. The summed E-state index contributed by atoms with van der Waals surface area (Å²) in [7, 11) is 2.18. The fraction of sp³-hybridized carbons (Fsp3) is 0.533. The van der Waals surface area contributed by atoms with Gasteiger partial charge in [-0.15, -0.1) is 0 Å². The van der Waals surface area contributed by atoms with Crippen LogP contribution in [0.3, 0.4) is 0 Å². The topological polar surface area (TPSA) is 32.5 Å². The van der Waals surface area contributed by atoms with Crippen LogP contribution in [0, 0.1) is 6.92 Å². The number of thiocarbonyl (C=S) groups is 1. The number of anilines is 1. The van der Waals surface area contributed by atoms with E-state index in [1.54, 1.807) is 0 Å². The number of aryl methyl sites for hydroxylation is 1. The lowest BCUT2D eigenvalue weighted by Gasteiger charge is -2.47. The Morgan fingerprint density at radius 3 is 2.58 bits per heavy atom. The normalized spacial score (nSPS) is 19.5. The number of piperazine rings is 1. The largest absolute Gasteiger partial charge is 0.389 e. The van der Waals surface area contributed by atoms with Crippen LogP contribution in [0.15, 0.2) is 18.2 Å². The molecule has 1 aliphatic heterocycles. The average Bonchev–Trinajstić information content (AvgIpc) is 2.32. The molecule has 0 aromatic heterocycles. The molecule has 0 bridgehead atoms. The maximum atomic E-state index is 5.88. The molecule has 0 radical (unpaired) electrons. The smallest absolute Gasteiger partial charge is 0.106 e. The number of benzene rings is 1. The molecule has 0 spiro atoms. The van der Waals surface area contributed by atoms with Crippen molar-refractivity contribution in [2.45, 2.75) is 26.3 Å². The maximum Gasteiger partial charge on any atom is 0.106 e. The molecule has 1 aromatic carbocycles. The zero-order chi connectivity index (χ0) is 14.2. The minimum Gasteiger partial charge on any atom is -0.389 e. The summed E-state index contributed by atoms with van der Waals surface area (Å²) in [5.41, 5.74) is 9.48. The second kappa shape index (κ2) is 5.10. The van der Waals surface area contributed by atoms with Crippen molar-refractivity contribution in [3.05, 3.63) is 29.3 Å². The van der Waals surface area contributed by atoms with Gasteiger partial charge in [-0.05, 0) is 39.4 Å².